The normalized spacial score (nSPS) is 25.3. The van der Waals surface area contributed by atoms with Crippen molar-refractivity contribution in [1.29, 1.82) is 0 Å². The summed E-state index contributed by atoms with van der Waals surface area (Å²) in [5, 5.41) is 2.05. The van der Waals surface area contributed by atoms with Gasteiger partial charge < -0.3 is 4.90 Å². The average Bonchev–Trinajstić information content (AvgIpc) is 2.86. The molecule has 1 unspecified atom stereocenters. The van der Waals surface area contributed by atoms with Gasteiger partial charge in [-0.15, -0.1) is 0 Å². The molecular weight excluding hydrogens is 250 g/mol. The number of anilines is 1. The van der Waals surface area contributed by atoms with Gasteiger partial charge in [0.2, 0.25) is 5.95 Å². The molecular formula is C15H25N5. The number of aryl methyl sites for hydroxylation is 1. The van der Waals surface area contributed by atoms with E-state index in [0.29, 0.717) is 6.04 Å². The van der Waals surface area contributed by atoms with Crippen molar-refractivity contribution in [3.05, 3.63) is 18.0 Å². The van der Waals surface area contributed by atoms with Crippen LogP contribution >= 0.6 is 0 Å². The number of nitrogens with two attached hydrogens (primary N) is 1. The maximum absolute atomic E-state index is 6.03. The molecule has 5 heteroatoms. The molecule has 20 heavy (non-hydrogen) atoms. The number of nitrogens with zero attached hydrogens (tertiary/aromatic N) is 4. The van der Waals surface area contributed by atoms with Crippen LogP contribution in [0.4, 0.5) is 5.95 Å². The van der Waals surface area contributed by atoms with E-state index in [9.17, 15) is 0 Å². The molecule has 3 rings (SSSR count). The number of hydrazine groups is 1. The first kappa shape index (κ1) is 13.8. The zero-order valence-corrected chi connectivity index (χ0v) is 12.3. The summed E-state index contributed by atoms with van der Waals surface area (Å²) in [6.45, 7) is 5.24. The summed E-state index contributed by atoms with van der Waals surface area (Å²) in [6, 6.07) is 0.613. The molecule has 0 aromatic carbocycles. The van der Waals surface area contributed by atoms with Gasteiger partial charge in [-0.2, -0.15) is 0 Å². The summed E-state index contributed by atoms with van der Waals surface area (Å²) >= 11 is 0. The van der Waals surface area contributed by atoms with Gasteiger partial charge >= 0.3 is 0 Å². The van der Waals surface area contributed by atoms with Crippen molar-refractivity contribution in [3.8, 4) is 0 Å². The molecule has 2 saturated heterocycles. The van der Waals surface area contributed by atoms with E-state index in [1.807, 2.05) is 19.3 Å². The minimum absolute atomic E-state index is 0.613. The maximum atomic E-state index is 6.03. The average molecular weight is 275 g/mol. The number of hydrogen-bond acceptors (Lipinski definition) is 5. The highest BCUT2D eigenvalue weighted by Crippen LogP contribution is 2.28. The lowest BCUT2D eigenvalue weighted by Gasteiger charge is -2.34. The number of piperidine rings is 1. The van der Waals surface area contributed by atoms with E-state index in [-0.39, 0.29) is 0 Å². The first-order chi connectivity index (χ1) is 9.72. The molecule has 1 aromatic heterocycles. The van der Waals surface area contributed by atoms with Crippen LogP contribution < -0.4 is 10.7 Å². The Kier molecular flexibility index (Phi) is 4.17. The lowest BCUT2D eigenvalue weighted by molar-refractivity contribution is 0.210. The van der Waals surface area contributed by atoms with Gasteiger partial charge in [0.1, 0.15) is 0 Å². The van der Waals surface area contributed by atoms with Gasteiger partial charge in [0.15, 0.2) is 0 Å². The Morgan fingerprint density at radius 1 is 1.15 bits per heavy atom. The summed E-state index contributed by atoms with van der Waals surface area (Å²) in [5.41, 5.74) is 1.12. The van der Waals surface area contributed by atoms with Crippen molar-refractivity contribution in [2.75, 3.05) is 24.5 Å². The predicted molar refractivity (Wildman–Crippen MR) is 80.2 cm³/mol. The fraction of sp³-hybridized carbons (Fsp3) is 0.733. The third-order valence-corrected chi connectivity index (χ3v) is 4.69. The largest absolute Gasteiger partial charge is 0.341 e. The highest BCUT2D eigenvalue weighted by molar-refractivity contribution is 5.30. The molecule has 2 aliphatic rings. The highest BCUT2D eigenvalue weighted by atomic mass is 15.4. The summed E-state index contributed by atoms with van der Waals surface area (Å²) < 4.78 is 0. The summed E-state index contributed by atoms with van der Waals surface area (Å²) in [7, 11) is 0. The Morgan fingerprint density at radius 3 is 2.45 bits per heavy atom. The number of rotatable bonds is 3. The van der Waals surface area contributed by atoms with E-state index < -0.39 is 0 Å². The van der Waals surface area contributed by atoms with Crippen LogP contribution in [0.2, 0.25) is 0 Å². The Labute approximate surface area is 121 Å². The second-order valence-electron chi connectivity index (χ2n) is 6.26. The molecule has 2 aliphatic heterocycles. The molecule has 1 atom stereocenters. The molecule has 0 radical (unpaired) electrons. The summed E-state index contributed by atoms with van der Waals surface area (Å²) in [6.07, 6.45) is 10.1. The standard InChI is InChI=1S/C15H25N5/c1-12-10-17-15(18-11-12)19-7-4-13(5-8-19)9-14-3-2-6-20(14)16/h10-11,13-14H,2-9,16H2,1H3. The molecule has 0 amide bonds. The molecule has 2 fully saturated rings. The SMILES string of the molecule is Cc1cnc(N2CCC(CC3CCCN3N)CC2)nc1. The highest BCUT2D eigenvalue weighted by Gasteiger charge is 2.27. The first-order valence-corrected chi connectivity index (χ1v) is 7.77. The Balaban J connectivity index is 1.50. The number of hydrogen-bond donors (Lipinski definition) is 1. The summed E-state index contributed by atoms with van der Waals surface area (Å²) in [5.74, 6) is 7.73. The van der Waals surface area contributed by atoms with E-state index in [0.717, 1.165) is 37.1 Å². The first-order valence-electron chi connectivity index (χ1n) is 7.77. The molecule has 2 N–H and O–H groups in total. The van der Waals surface area contributed by atoms with E-state index in [4.69, 9.17) is 5.84 Å². The fourth-order valence-corrected chi connectivity index (χ4v) is 3.41. The van der Waals surface area contributed by atoms with Crippen LogP contribution in [0.25, 0.3) is 0 Å². The molecule has 110 valence electrons. The van der Waals surface area contributed by atoms with Crippen LogP contribution in [0.3, 0.4) is 0 Å². The van der Waals surface area contributed by atoms with Gasteiger partial charge in [0.25, 0.3) is 0 Å². The monoisotopic (exact) mass is 275 g/mol. The van der Waals surface area contributed by atoms with Crippen molar-refractivity contribution in [2.24, 2.45) is 11.8 Å². The van der Waals surface area contributed by atoms with Crippen LogP contribution in [-0.4, -0.2) is 40.7 Å². The van der Waals surface area contributed by atoms with Crippen molar-refractivity contribution >= 4 is 5.95 Å². The second kappa shape index (κ2) is 6.06. The molecule has 5 nitrogen and oxygen atoms in total. The minimum atomic E-state index is 0.613. The molecule has 0 spiro atoms. The smallest absolute Gasteiger partial charge is 0.225 e. The molecule has 0 bridgehead atoms. The van der Waals surface area contributed by atoms with E-state index in [2.05, 4.69) is 19.9 Å². The molecule has 0 saturated carbocycles. The molecule has 0 aliphatic carbocycles. The van der Waals surface area contributed by atoms with Crippen LogP contribution in [0, 0.1) is 12.8 Å². The van der Waals surface area contributed by atoms with Crippen LogP contribution in [0.15, 0.2) is 12.4 Å². The number of aromatic nitrogens is 2. The predicted octanol–water partition coefficient (Wildman–Crippen LogP) is 1.73. The zero-order valence-electron chi connectivity index (χ0n) is 12.3. The topological polar surface area (TPSA) is 58.3 Å². The zero-order chi connectivity index (χ0) is 13.9. The van der Waals surface area contributed by atoms with E-state index in [1.54, 1.807) is 0 Å². The van der Waals surface area contributed by atoms with Crippen LogP contribution in [0.5, 0.6) is 0 Å². The molecule has 1 aromatic rings. The fourth-order valence-electron chi connectivity index (χ4n) is 3.41. The van der Waals surface area contributed by atoms with Crippen molar-refractivity contribution in [1.82, 2.24) is 15.0 Å². The van der Waals surface area contributed by atoms with E-state index >= 15 is 0 Å². The van der Waals surface area contributed by atoms with Gasteiger partial charge in [-0.1, -0.05) is 0 Å². The van der Waals surface area contributed by atoms with Crippen LogP contribution in [0.1, 0.15) is 37.7 Å². The third kappa shape index (κ3) is 3.10. The Bertz CT molecular complexity index is 424. The quantitative estimate of drug-likeness (QED) is 0.851. The lowest BCUT2D eigenvalue weighted by Crippen LogP contribution is -2.40. The van der Waals surface area contributed by atoms with Gasteiger partial charge in [-0.25, -0.2) is 15.0 Å². The van der Waals surface area contributed by atoms with Crippen molar-refractivity contribution in [2.45, 2.75) is 45.1 Å². The van der Waals surface area contributed by atoms with Gasteiger partial charge in [0.05, 0.1) is 0 Å². The van der Waals surface area contributed by atoms with Gasteiger partial charge in [-0.05, 0) is 50.5 Å². The lowest BCUT2D eigenvalue weighted by atomic mass is 9.90. The third-order valence-electron chi connectivity index (χ3n) is 4.69. The Hall–Kier alpha value is -1.20. The van der Waals surface area contributed by atoms with Crippen molar-refractivity contribution < 1.29 is 0 Å². The van der Waals surface area contributed by atoms with Gasteiger partial charge in [-0.3, -0.25) is 5.84 Å². The van der Waals surface area contributed by atoms with Crippen molar-refractivity contribution in [3.63, 3.8) is 0 Å². The Morgan fingerprint density at radius 2 is 1.85 bits per heavy atom. The van der Waals surface area contributed by atoms with E-state index in [1.165, 1.54) is 32.1 Å². The second-order valence-corrected chi connectivity index (χ2v) is 6.26. The maximum Gasteiger partial charge on any atom is 0.225 e. The minimum Gasteiger partial charge on any atom is -0.341 e. The molecule has 3 heterocycles. The summed E-state index contributed by atoms with van der Waals surface area (Å²) in [4.78, 5) is 11.2. The van der Waals surface area contributed by atoms with Crippen LogP contribution in [-0.2, 0) is 0 Å². The van der Waals surface area contributed by atoms with Gasteiger partial charge in [0, 0.05) is 38.1 Å².